The molecule has 1 amide bonds. The molecule has 3 aromatic carbocycles. The van der Waals surface area contributed by atoms with Crippen molar-refractivity contribution < 1.29 is 4.79 Å². The van der Waals surface area contributed by atoms with E-state index in [0.717, 1.165) is 45.2 Å². The van der Waals surface area contributed by atoms with E-state index in [0.29, 0.717) is 6.54 Å². The van der Waals surface area contributed by atoms with Crippen molar-refractivity contribution in [3.05, 3.63) is 75.8 Å². The number of carbonyl (C=O) groups is 1. The highest BCUT2D eigenvalue weighted by atomic mass is 79.9. The Labute approximate surface area is 186 Å². The lowest BCUT2D eigenvalue weighted by Gasteiger charge is -2.21. The Balaban J connectivity index is 2.14. The molecule has 0 aliphatic heterocycles. The van der Waals surface area contributed by atoms with Crippen LogP contribution >= 0.6 is 15.9 Å². The minimum absolute atomic E-state index is 0.231. The van der Waals surface area contributed by atoms with Crippen LogP contribution in [0.5, 0.6) is 0 Å². The van der Waals surface area contributed by atoms with Crippen LogP contribution in [0.3, 0.4) is 0 Å². The summed E-state index contributed by atoms with van der Waals surface area (Å²) in [6.07, 6.45) is 0.231. The minimum atomic E-state index is -0.341. The van der Waals surface area contributed by atoms with Crippen molar-refractivity contribution in [2.75, 3.05) is 24.5 Å². The maximum absolute atomic E-state index is 11.3. The summed E-state index contributed by atoms with van der Waals surface area (Å²) in [6, 6.07) is 19.0. The van der Waals surface area contributed by atoms with E-state index in [4.69, 9.17) is 10.7 Å². The molecule has 0 saturated carbocycles. The maximum Gasteiger partial charge on any atom is 0.219 e. The molecule has 0 bridgehead atoms. The largest absolute Gasteiger partial charge is 0.372 e. The summed E-state index contributed by atoms with van der Waals surface area (Å²) in [5.41, 5.74) is 10.7. The molecule has 0 atom stereocenters. The van der Waals surface area contributed by atoms with Crippen molar-refractivity contribution in [3.63, 3.8) is 0 Å². The number of fused-ring (bicyclic) bond motifs is 1. The number of benzene rings is 3. The van der Waals surface area contributed by atoms with Crippen molar-refractivity contribution in [3.8, 4) is 0 Å². The number of halogens is 1. The van der Waals surface area contributed by atoms with Gasteiger partial charge in [0.15, 0.2) is 0 Å². The molecule has 3 aromatic rings. The molecule has 156 valence electrons. The summed E-state index contributed by atoms with van der Waals surface area (Å²) in [5, 5.41) is 2.31. The lowest BCUT2D eigenvalue weighted by Crippen LogP contribution is -2.21. The van der Waals surface area contributed by atoms with Gasteiger partial charge in [-0.3, -0.25) is 9.79 Å². The van der Waals surface area contributed by atoms with Crippen LogP contribution < -0.4 is 10.6 Å². The molecule has 0 spiro atoms. The van der Waals surface area contributed by atoms with Gasteiger partial charge < -0.3 is 10.6 Å². The van der Waals surface area contributed by atoms with Gasteiger partial charge in [-0.25, -0.2) is 0 Å². The van der Waals surface area contributed by atoms with E-state index in [-0.39, 0.29) is 12.3 Å². The summed E-state index contributed by atoms with van der Waals surface area (Å²) in [7, 11) is 0. The zero-order valence-corrected chi connectivity index (χ0v) is 19.4. The molecule has 0 fully saturated rings. The highest BCUT2D eigenvalue weighted by Crippen LogP contribution is 2.31. The van der Waals surface area contributed by atoms with Crippen LogP contribution in [0.4, 0.5) is 5.69 Å². The molecule has 3 rings (SSSR count). The lowest BCUT2D eigenvalue weighted by molar-refractivity contribution is -0.117. The fourth-order valence-electron chi connectivity index (χ4n) is 3.77. The lowest BCUT2D eigenvalue weighted by atomic mass is 9.93. The van der Waals surface area contributed by atoms with Crippen LogP contribution in [0.1, 0.15) is 37.0 Å². The van der Waals surface area contributed by atoms with Crippen LogP contribution in [-0.2, 0) is 4.79 Å². The number of nitrogens with two attached hydrogens (primary N) is 1. The second kappa shape index (κ2) is 9.90. The number of primary amides is 1. The average molecular weight is 466 g/mol. The fraction of sp³-hybridized carbons (Fsp3) is 0.280. The van der Waals surface area contributed by atoms with E-state index in [9.17, 15) is 4.79 Å². The second-order valence-electron chi connectivity index (χ2n) is 7.26. The standard InChI is InChI=1S/C25H28BrN3O/c1-4-29(5-2)19-12-10-18(11-13-19)25(28-16-15-23(27)30)21-8-6-7-20-22(26)14-9-17(3)24(20)21/h6-14H,4-5,15-16H2,1-3H3,(H2,27,30)/b28-25+. The topological polar surface area (TPSA) is 58.7 Å². The van der Waals surface area contributed by atoms with Gasteiger partial charge >= 0.3 is 0 Å². The molecule has 0 aliphatic rings. The van der Waals surface area contributed by atoms with Gasteiger partial charge in [0.05, 0.1) is 5.71 Å². The molecule has 0 aromatic heterocycles. The van der Waals surface area contributed by atoms with Crippen LogP contribution in [0.25, 0.3) is 10.8 Å². The fourth-order valence-corrected chi connectivity index (χ4v) is 4.24. The predicted octanol–water partition coefficient (Wildman–Crippen LogP) is 5.47. The van der Waals surface area contributed by atoms with E-state index in [1.807, 2.05) is 0 Å². The number of anilines is 1. The first-order valence-corrected chi connectivity index (χ1v) is 11.1. The zero-order valence-electron chi connectivity index (χ0n) is 17.8. The van der Waals surface area contributed by atoms with E-state index < -0.39 is 0 Å². The van der Waals surface area contributed by atoms with Crippen LogP contribution in [0.15, 0.2) is 64.1 Å². The summed E-state index contributed by atoms with van der Waals surface area (Å²) >= 11 is 3.68. The molecular weight excluding hydrogens is 438 g/mol. The molecule has 4 nitrogen and oxygen atoms in total. The first kappa shape index (κ1) is 22.0. The Morgan fingerprint density at radius 1 is 1.03 bits per heavy atom. The summed E-state index contributed by atoms with van der Waals surface area (Å²) in [5.74, 6) is -0.341. The third-order valence-electron chi connectivity index (χ3n) is 5.35. The Kier molecular flexibility index (Phi) is 7.27. The van der Waals surface area contributed by atoms with Gasteiger partial charge in [-0.15, -0.1) is 0 Å². The van der Waals surface area contributed by atoms with Gasteiger partial charge in [0, 0.05) is 47.3 Å². The highest BCUT2D eigenvalue weighted by Gasteiger charge is 2.14. The molecule has 0 aliphatic carbocycles. The Bertz CT molecular complexity index is 1070. The Hall–Kier alpha value is -2.66. The van der Waals surface area contributed by atoms with Crippen molar-refractivity contribution in [2.24, 2.45) is 10.7 Å². The maximum atomic E-state index is 11.3. The molecule has 0 heterocycles. The number of nitrogens with zero attached hydrogens (tertiary/aromatic N) is 2. The molecular formula is C25H28BrN3O. The van der Waals surface area contributed by atoms with Gasteiger partial charge in [0.1, 0.15) is 0 Å². The molecule has 0 radical (unpaired) electrons. The third-order valence-corrected chi connectivity index (χ3v) is 6.04. The third kappa shape index (κ3) is 4.73. The minimum Gasteiger partial charge on any atom is -0.372 e. The quantitative estimate of drug-likeness (QED) is 0.448. The van der Waals surface area contributed by atoms with Crippen LogP contribution in [0.2, 0.25) is 0 Å². The first-order chi connectivity index (χ1) is 14.5. The molecule has 5 heteroatoms. The van der Waals surface area contributed by atoms with Crippen molar-refractivity contribution in [1.29, 1.82) is 0 Å². The first-order valence-electron chi connectivity index (χ1n) is 10.3. The predicted molar refractivity (Wildman–Crippen MR) is 131 cm³/mol. The van der Waals surface area contributed by atoms with Gasteiger partial charge in [-0.05, 0) is 55.3 Å². The molecule has 2 N–H and O–H groups in total. The normalized spacial score (nSPS) is 11.7. The number of hydrogen-bond donors (Lipinski definition) is 1. The average Bonchev–Trinajstić information content (AvgIpc) is 2.75. The van der Waals surface area contributed by atoms with Crippen LogP contribution in [0, 0.1) is 6.92 Å². The van der Waals surface area contributed by atoms with Gasteiger partial charge in [0.2, 0.25) is 5.91 Å². The van der Waals surface area contributed by atoms with Crippen molar-refractivity contribution in [1.82, 2.24) is 0 Å². The summed E-state index contributed by atoms with van der Waals surface area (Å²) in [4.78, 5) is 18.4. The smallest absolute Gasteiger partial charge is 0.219 e. The number of amides is 1. The van der Waals surface area contributed by atoms with Gasteiger partial charge in [-0.2, -0.15) is 0 Å². The van der Waals surface area contributed by atoms with Crippen molar-refractivity contribution in [2.45, 2.75) is 27.2 Å². The van der Waals surface area contributed by atoms with E-state index >= 15 is 0 Å². The van der Waals surface area contributed by atoms with Crippen LogP contribution in [-0.4, -0.2) is 31.3 Å². The van der Waals surface area contributed by atoms with Crippen molar-refractivity contribution >= 4 is 44.0 Å². The van der Waals surface area contributed by atoms with E-state index in [1.165, 1.54) is 11.3 Å². The number of rotatable bonds is 8. The Morgan fingerprint density at radius 3 is 2.37 bits per heavy atom. The number of carbonyl (C=O) groups excluding carboxylic acids is 1. The second-order valence-corrected chi connectivity index (χ2v) is 8.11. The molecule has 30 heavy (non-hydrogen) atoms. The number of hydrogen-bond acceptors (Lipinski definition) is 3. The number of aryl methyl sites for hydroxylation is 1. The Morgan fingerprint density at radius 2 is 1.73 bits per heavy atom. The van der Waals surface area contributed by atoms with E-state index in [1.54, 1.807) is 0 Å². The van der Waals surface area contributed by atoms with Gasteiger partial charge in [-0.1, -0.05) is 52.3 Å². The summed E-state index contributed by atoms with van der Waals surface area (Å²) in [6.45, 7) is 8.72. The molecule has 0 saturated heterocycles. The van der Waals surface area contributed by atoms with Gasteiger partial charge in [0.25, 0.3) is 0 Å². The zero-order chi connectivity index (χ0) is 21.7. The monoisotopic (exact) mass is 465 g/mol. The summed E-state index contributed by atoms with van der Waals surface area (Å²) < 4.78 is 1.05. The number of aliphatic imine (C=N–C) groups is 1. The molecule has 0 unspecified atom stereocenters. The van der Waals surface area contributed by atoms with E-state index in [2.05, 4.69) is 96.2 Å². The SMILES string of the molecule is CCN(CC)c1ccc(/C(=N\CCC(N)=O)c2cccc3c(Br)ccc(C)c23)cc1. The highest BCUT2D eigenvalue weighted by molar-refractivity contribution is 9.10.